The fourth-order valence-corrected chi connectivity index (χ4v) is 3.14. The fourth-order valence-electron chi connectivity index (χ4n) is 3.14. The highest BCUT2D eigenvalue weighted by Crippen LogP contribution is 2.18. The van der Waals surface area contributed by atoms with Crippen molar-refractivity contribution in [2.75, 3.05) is 0 Å². The number of hydrogen-bond acceptors (Lipinski definition) is 2. The van der Waals surface area contributed by atoms with Crippen LogP contribution in [-0.4, -0.2) is 16.2 Å². The van der Waals surface area contributed by atoms with Gasteiger partial charge < -0.3 is 10.2 Å². The monoisotopic (exact) mass is 340 g/mol. The summed E-state index contributed by atoms with van der Waals surface area (Å²) >= 11 is 0. The molecule has 0 bridgehead atoms. The van der Waals surface area contributed by atoms with Gasteiger partial charge in [0.1, 0.15) is 11.7 Å². The van der Waals surface area contributed by atoms with Crippen LogP contribution < -0.4 is 0 Å². The number of aliphatic hydroxyl groups excluding tert-OH is 1. The van der Waals surface area contributed by atoms with Crippen LogP contribution in [0.3, 0.4) is 0 Å². The molecule has 0 aromatic heterocycles. The molecule has 1 unspecified atom stereocenters. The average molecular weight is 341 g/mol. The van der Waals surface area contributed by atoms with E-state index in [0.29, 0.717) is 6.42 Å². The molecule has 3 nitrogen and oxygen atoms in total. The summed E-state index contributed by atoms with van der Waals surface area (Å²) in [6.07, 6.45) is 20.1. The normalized spacial score (nSPS) is 13.2. The van der Waals surface area contributed by atoms with E-state index in [4.69, 9.17) is 5.11 Å². The van der Waals surface area contributed by atoms with E-state index >= 15 is 0 Å². The van der Waals surface area contributed by atoms with Gasteiger partial charge in [-0.05, 0) is 19.4 Å². The number of hydrogen-bond donors (Lipinski definition) is 2. The first-order valence-electron chi connectivity index (χ1n) is 10.2. The first-order chi connectivity index (χ1) is 11.6. The van der Waals surface area contributed by atoms with Gasteiger partial charge in [-0.25, -0.2) is 0 Å². The van der Waals surface area contributed by atoms with Crippen LogP contribution in [0.25, 0.3) is 0 Å². The Morgan fingerprint density at radius 1 is 0.750 bits per heavy atom. The van der Waals surface area contributed by atoms with E-state index in [1.807, 2.05) is 0 Å². The number of allylic oxidation sites excluding steroid dienone is 1. The summed E-state index contributed by atoms with van der Waals surface area (Å²) in [5, 5.41) is 18.7. The van der Waals surface area contributed by atoms with E-state index in [1.165, 1.54) is 83.1 Å². The van der Waals surface area contributed by atoms with E-state index in [-0.39, 0.29) is 5.76 Å². The van der Waals surface area contributed by atoms with Gasteiger partial charge >= 0.3 is 5.97 Å². The van der Waals surface area contributed by atoms with E-state index in [2.05, 4.69) is 6.92 Å². The van der Waals surface area contributed by atoms with E-state index in [0.717, 1.165) is 12.8 Å². The van der Waals surface area contributed by atoms with Gasteiger partial charge in [0.2, 0.25) is 0 Å². The molecule has 0 fully saturated rings. The minimum absolute atomic E-state index is 0.00260. The number of aliphatic hydroxyl groups is 1. The first kappa shape index (κ1) is 23.0. The summed E-state index contributed by atoms with van der Waals surface area (Å²) in [6.45, 7) is 3.94. The first-order valence-corrected chi connectivity index (χ1v) is 10.2. The van der Waals surface area contributed by atoms with Crippen LogP contribution in [0.5, 0.6) is 0 Å². The van der Waals surface area contributed by atoms with Gasteiger partial charge in [0, 0.05) is 0 Å². The van der Waals surface area contributed by atoms with Gasteiger partial charge in [-0.3, -0.25) is 4.79 Å². The minimum Gasteiger partial charge on any atom is -0.512 e. The van der Waals surface area contributed by atoms with Crippen molar-refractivity contribution >= 4 is 5.97 Å². The Labute approximate surface area is 149 Å². The third kappa shape index (κ3) is 13.4. The average Bonchev–Trinajstić information content (AvgIpc) is 2.57. The second-order valence-corrected chi connectivity index (χ2v) is 6.99. The molecule has 0 spiro atoms. The summed E-state index contributed by atoms with van der Waals surface area (Å²) < 4.78 is 0. The summed E-state index contributed by atoms with van der Waals surface area (Å²) in [5.74, 6) is -1.63. The lowest BCUT2D eigenvalue weighted by atomic mass is 9.98. The van der Waals surface area contributed by atoms with Crippen molar-refractivity contribution < 1.29 is 15.0 Å². The molecule has 0 saturated carbocycles. The standard InChI is InChI=1S/C21H40O3/c1-3-5-6-7-8-9-10-11-12-13-14-15-16-17-18-19(21(23)24)20(22)4-2/h4,19,22H,3,5-18H2,1-2H3,(H,23,24)/b20-4-. The van der Waals surface area contributed by atoms with Gasteiger partial charge in [0.05, 0.1) is 0 Å². The highest BCUT2D eigenvalue weighted by Gasteiger charge is 2.20. The van der Waals surface area contributed by atoms with Gasteiger partial charge in [-0.2, -0.15) is 0 Å². The number of rotatable bonds is 17. The molecular weight excluding hydrogens is 300 g/mol. The number of carboxylic acid groups (broad SMARTS) is 1. The third-order valence-electron chi connectivity index (χ3n) is 4.80. The maximum atomic E-state index is 11.1. The van der Waals surface area contributed by atoms with Gasteiger partial charge in [-0.1, -0.05) is 96.8 Å². The molecule has 1 atom stereocenters. The SMILES string of the molecule is C/C=C(\O)C(CCCCCCCCCCCCCCCC)C(=O)O. The smallest absolute Gasteiger partial charge is 0.314 e. The Morgan fingerprint density at radius 3 is 1.46 bits per heavy atom. The van der Waals surface area contributed by atoms with E-state index in [9.17, 15) is 9.90 Å². The zero-order chi connectivity index (χ0) is 18.0. The van der Waals surface area contributed by atoms with Crippen molar-refractivity contribution in [1.82, 2.24) is 0 Å². The highest BCUT2D eigenvalue weighted by molar-refractivity contribution is 5.72. The van der Waals surface area contributed by atoms with Gasteiger partial charge in [0.15, 0.2) is 0 Å². The molecule has 0 saturated heterocycles. The second-order valence-electron chi connectivity index (χ2n) is 6.99. The zero-order valence-electron chi connectivity index (χ0n) is 16.1. The molecule has 142 valence electrons. The molecule has 0 aromatic rings. The largest absolute Gasteiger partial charge is 0.512 e. The molecule has 0 heterocycles. The molecule has 3 heteroatoms. The van der Waals surface area contributed by atoms with Gasteiger partial charge in [0.25, 0.3) is 0 Å². The summed E-state index contributed by atoms with van der Waals surface area (Å²) in [6, 6.07) is 0. The molecule has 0 radical (unpaired) electrons. The maximum Gasteiger partial charge on any atom is 0.314 e. The van der Waals surface area contributed by atoms with Crippen LogP contribution in [0, 0.1) is 5.92 Å². The predicted molar refractivity (Wildman–Crippen MR) is 102 cm³/mol. The Bertz CT molecular complexity index is 323. The van der Waals surface area contributed by atoms with Crippen molar-refractivity contribution in [2.24, 2.45) is 5.92 Å². The maximum absolute atomic E-state index is 11.1. The second kappa shape index (κ2) is 16.9. The van der Waals surface area contributed by atoms with E-state index in [1.54, 1.807) is 6.92 Å². The molecule has 0 aliphatic carbocycles. The van der Waals surface area contributed by atoms with Crippen molar-refractivity contribution in [2.45, 2.75) is 110 Å². The molecule has 2 N–H and O–H groups in total. The lowest BCUT2D eigenvalue weighted by Gasteiger charge is -2.11. The fraction of sp³-hybridized carbons (Fsp3) is 0.857. The Hall–Kier alpha value is -0.990. The number of carboxylic acids is 1. The summed E-state index contributed by atoms with van der Waals surface area (Å²) in [7, 11) is 0. The molecule has 24 heavy (non-hydrogen) atoms. The quantitative estimate of drug-likeness (QED) is 0.221. The highest BCUT2D eigenvalue weighted by atomic mass is 16.4. The summed E-state index contributed by atoms with van der Waals surface area (Å²) in [5.41, 5.74) is 0. The van der Waals surface area contributed by atoms with Crippen molar-refractivity contribution in [3.8, 4) is 0 Å². The summed E-state index contributed by atoms with van der Waals surface area (Å²) in [4.78, 5) is 11.1. The third-order valence-corrected chi connectivity index (χ3v) is 4.80. The van der Waals surface area contributed by atoms with Gasteiger partial charge in [-0.15, -0.1) is 0 Å². The Balaban J connectivity index is 3.35. The zero-order valence-corrected chi connectivity index (χ0v) is 16.1. The number of carbonyl (C=O) groups is 1. The molecule has 0 rings (SSSR count). The van der Waals surface area contributed by atoms with E-state index < -0.39 is 11.9 Å². The van der Waals surface area contributed by atoms with Crippen molar-refractivity contribution in [3.05, 3.63) is 11.8 Å². The van der Waals surface area contributed by atoms with Crippen LogP contribution in [0.1, 0.15) is 110 Å². The molecule has 0 aliphatic rings. The Kier molecular flexibility index (Phi) is 16.2. The minimum atomic E-state index is -0.916. The van der Waals surface area contributed by atoms with Crippen molar-refractivity contribution in [1.29, 1.82) is 0 Å². The number of unbranched alkanes of at least 4 members (excludes halogenated alkanes) is 13. The van der Waals surface area contributed by atoms with Crippen LogP contribution in [-0.2, 0) is 4.79 Å². The van der Waals surface area contributed by atoms with Crippen LogP contribution in [0.15, 0.2) is 11.8 Å². The van der Waals surface area contributed by atoms with Crippen LogP contribution in [0.4, 0.5) is 0 Å². The van der Waals surface area contributed by atoms with Crippen molar-refractivity contribution in [3.63, 3.8) is 0 Å². The Morgan fingerprint density at radius 2 is 1.12 bits per heavy atom. The number of aliphatic carboxylic acids is 1. The topological polar surface area (TPSA) is 57.5 Å². The molecular formula is C21H40O3. The molecule has 0 amide bonds. The molecule has 0 aromatic carbocycles. The molecule has 0 aliphatic heterocycles. The lowest BCUT2D eigenvalue weighted by Crippen LogP contribution is -2.16. The van der Waals surface area contributed by atoms with Crippen LogP contribution in [0.2, 0.25) is 0 Å². The lowest BCUT2D eigenvalue weighted by molar-refractivity contribution is -0.141. The predicted octanol–water partition coefficient (Wildman–Crippen LogP) is 7.02. The van der Waals surface area contributed by atoms with Crippen LogP contribution >= 0.6 is 0 Å².